The van der Waals surface area contributed by atoms with E-state index in [2.05, 4.69) is 49.0 Å². The summed E-state index contributed by atoms with van der Waals surface area (Å²) in [5, 5.41) is 11.8. The van der Waals surface area contributed by atoms with Crippen LogP contribution in [-0.4, -0.2) is 117 Å². The quantitative estimate of drug-likeness (QED) is 0.0378. The van der Waals surface area contributed by atoms with E-state index in [4.69, 9.17) is 36.0 Å². The second kappa shape index (κ2) is 26.9. The first-order valence-corrected chi connectivity index (χ1v) is 28.5. The van der Waals surface area contributed by atoms with Crippen LogP contribution in [-0.2, 0) is 41.3 Å². The number of amides is 5. The van der Waals surface area contributed by atoms with E-state index in [0.717, 1.165) is 37.7 Å². The van der Waals surface area contributed by atoms with E-state index >= 15 is 0 Å². The summed E-state index contributed by atoms with van der Waals surface area (Å²) in [4.78, 5) is 74.1. The van der Waals surface area contributed by atoms with Gasteiger partial charge in [0, 0.05) is 30.2 Å². The number of aryl methyl sites for hydroxylation is 1. The van der Waals surface area contributed by atoms with Gasteiger partial charge in [0.05, 0.1) is 30.9 Å². The molecule has 0 radical (unpaired) electrons. The second-order valence-corrected chi connectivity index (χ2v) is 22.7. The number of fused-ring (bicyclic) bond motifs is 5. The molecule has 17 nitrogen and oxygen atoms in total. The molecule has 9 atom stereocenters. The second-order valence-electron chi connectivity index (χ2n) is 22.7. The maximum absolute atomic E-state index is 15.0. The zero-order chi connectivity index (χ0) is 55.4. The Morgan fingerprint density at radius 1 is 0.805 bits per heavy atom. The molecule has 6 bridgehead atoms. The number of unbranched alkanes of at least 4 members (excludes halogenated alkanes) is 5. The Hall–Kier alpha value is -5.53. The Morgan fingerprint density at radius 2 is 1.45 bits per heavy atom. The highest BCUT2D eigenvalue weighted by Crippen LogP contribution is 2.65. The maximum Gasteiger partial charge on any atom is 0.481 e. The minimum Gasteiger partial charge on any atom is -0.493 e. The van der Waals surface area contributed by atoms with Crippen LogP contribution in [0, 0.1) is 17.3 Å². The molecule has 5 aliphatic rings. The predicted octanol–water partition coefficient (Wildman–Crippen LogP) is 6.07. The number of benzene rings is 3. The number of ether oxygens (including phenoxy) is 2. The summed E-state index contributed by atoms with van der Waals surface area (Å²) in [6.45, 7) is 13.9. The molecule has 1 saturated heterocycles. The van der Waals surface area contributed by atoms with Crippen molar-refractivity contribution in [1.29, 1.82) is 0 Å². The maximum atomic E-state index is 15.0. The topological polar surface area (TPSA) is 252 Å². The number of carbonyl (C=O) groups is 5. The molecule has 3 aromatic rings. The van der Waals surface area contributed by atoms with Crippen LogP contribution in [0.3, 0.4) is 0 Å². The van der Waals surface area contributed by atoms with Crippen LogP contribution in [0.1, 0.15) is 152 Å². The molecular weight excluding hydrogens is 976 g/mol. The van der Waals surface area contributed by atoms with Gasteiger partial charge < -0.3 is 62.2 Å². The molecule has 0 aromatic heterocycles. The summed E-state index contributed by atoms with van der Waals surface area (Å²) in [6, 6.07) is 13.6. The van der Waals surface area contributed by atoms with Crippen molar-refractivity contribution in [2.45, 2.75) is 173 Å². The van der Waals surface area contributed by atoms with Crippen molar-refractivity contribution in [2.75, 3.05) is 39.9 Å². The molecule has 9 unspecified atom stereocenters. The minimum atomic E-state index is -1.34. The molecule has 5 amide bonds. The fraction of sp³-hybridized carbons (Fsp3) is 0.610. The molecular formula is C59H87BN8O9. The van der Waals surface area contributed by atoms with E-state index in [1.54, 1.807) is 30.3 Å². The van der Waals surface area contributed by atoms with E-state index in [-0.39, 0.29) is 37.5 Å². The molecule has 420 valence electrons. The summed E-state index contributed by atoms with van der Waals surface area (Å²) in [5.41, 5.74) is 21.2. The van der Waals surface area contributed by atoms with Gasteiger partial charge in [-0.05, 0) is 162 Å². The molecule has 4 fully saturated rings. The Balaban J connectivity index is 1.19. The summed E-state index contributed by atoms with van der Waals surface area (Å²) in [5.74, 6) is -1.50. The molecule has 77 heavy (non-hydrogen) atoms. The Labute approximate surface area is 457 Å². The number of rotatable bonds is 25. The summed E-state index contributed by atoms with van der Waals surface area (Å²) >= 11 is 0. The SMILES string of the molecule is CCCCCCCCc1ccc(C(=O)NC(CCCN)C(=O)N(C)C2C(=O)NC(C)C(=O)NC(C(=O)NC(C)B3OC4CC5CC(C5(C)C)C4(C)O3)Cc3ccc(OCCCN)c(c3)-c3cc2ccc3OCCCN)cc1. The molecule has 0 spiro atoms. The first kappa shape index (κ1) is 59.1. The Kier molecular flexibility index (Phi) is 20.7. The number of hydrogen-bond acceptors (Lipinski definition) is 12. The van der Waals surface area contributed by atoms with Crippen molar-refractivity contribution in [2.24, 2.45) is 34.5 Å². The first-order valence-electron chi connectivity index (χ1n) is 28.5. The van der Waals surface area contributed by atoms with Crippen LogP contribution in [0.25, 0.3) is 11.1 Å². The lowest BCUT2D eigenvalue weighted by Crippen LogP contribution is -2.65. The lowest BCUT2D eigenvalue weighted by Gasteiger charge is -2.64. The van der Waals surface area contributed by atoms with Crippen LogP contribution >= 0.6 is 0 Å². The normalized spacial score (nSPS) is 24.2. The van der Waals surface area contributed by atoms with Gasteiger partial charge in [-0.1, -0.05) is 77.1 Å². The Morgan fingerprint density at radius 3 is 2.12 bits per heavy atom. The van der Waals surface area contributed by atoms with Gasteiger partial charge in [-0.3, -0.25) is 24.0 Å². The van der Waals surface area contributed by atoms with Crippen LogP contribution in [0.4, 0.5) is 0 Å². The van der Waals surface area contributed by atoms with Crippen molar-refractivity contribution in [3.05, 3.63) is 82.9 Å². The van der Waals surface area contributed by atoms with Crippen molar-refractivity contribution >= 4 is 36.7 Å². The van der Waals surface area contributed by atoms with Crippen molar-refractivity contribution in [3.63, 3.8) is 0 Å². The lowest BCUT2D eigenvalue weighted by molar-refractivity contribution is -0.199. The smallest absolute Gasteiger partial charge is 0.481 e. The van der Waals surface area contributed by atoms with Gasteiger partial charge in [-0.2, -0.15) is 0 Å². The third kappa shape index (κ3) is 14.0. The highest BCUT2D eigenvalue weighted by Gasteiger charge is 2.68. The number of carbonyl (C=O) groups excluding carboxylic acids is 5. The van der Waals surface area contributed by atoms with Crippen molar-refractivity contribution in [1.82, 2.24) is 26.2 Å². The van der Waals surface area contributed by atoms with Gasteiger partial charge >= 0.3 is 7.12 Å². The van der Waals surface area contributed by atoms with Crippen LogP contribution in [0.5, 0.6) is 11.5 Å². The summed E-state index contributed by atoms with van der Waals surface area (Å²) in [6.07, 6.45) is 11.7. The fourth-order valence-corrected chi connectivity index (χ4v) is 11.9. The lowest BCUT2D eigenvalue weighted by atomic mass is 9.43. The molecule has 2 heterocycles. The van der Waals surface area contributed by atoms with Crippen LogP contribution in [0.15, 0.2) is 60.7 Å². The monoisotopic (exact) mass is 1060 g/mol. The third-order valence-electron chi connectivity index (χ3n) is 16.8. The third-order valence-corrected chi connectivity index (χ3v) is 16.8. The summed E-state index contributed by atoms with van der Waals surface area (Å²) in [7, 11) is 0.800. The number of likely N-dealkylation sites (N-methyl/N-ethyl adjacent to an activating group) is 1. The highest BCUT2D eigenvalue weighted by atomic mass is 16.7. The van der Waals surface area contributed by atoms with Gasteiger partial charge in [0.15, 0.2) is 0 Å². The minimum absolute atomic E-state index is 0.0634. The van der Waals surface area contributed by atoms with Crippen LogP contribution in [0.2, 0.25) is 0 Å². The van der Waals surface area contributed by atoms with Gasteiger partial charge in [-0.15, -0.1) is 0 Å². The largest absolute Gasteiger partial charge is 0.493 e. The zero-order valence-corrected chi connectivity index (χ0v) is 46.8. The molecule has 3 saturated carbocycles. The molecule has 8 rings (SSSR count). The highest BCUT2D eigenvalue weighted by molar-refractivity contribution is 6.47. The van der Waals surface area contributed by atoms with Gasteiger partial charge in [0.1, 0.15) is 35.7 Å². The molecule has 2 aliphatic heterocycles. The van der Waals surface area contributed by atoms with E-state index in [1.807, 2.05) is 37.3 Å². The van der Waals surface area contributed by atoms with E-state index in [9.17, 15) is 24.0 Å². The van der Waals surface area contributed by atoms with E-state index < -0.39 is 72.4 Å². The fourth-order valence-electron chi connectivity index (χ4n) is 11.9. The number of nitrogens with zero attached hydrogens (tertiary/aromatic N) is 1. The number of hydrogen-bond donors (Lipinski definition) is 7. The van der Waals surface area contributed by atoms with E-state index in [0.29, 0.717) is 90.1 Å². The van der Waals surface area contributed by atoms with Crippen LogP contribution < -0.4 is 47.9 Å². The van der Waals surface area contributed by atoms with Crippen molar-refractivity contribution < 1.29 is 42.8 Å². The average Bonchev–Trinajstić information content (AvgIpc) is 4.00. The molecule has 18 heteroatoms. The van der Waals surface area contributed by atoms with Gasteiger partial charge in [0.25, 0.3) is 5.91 Å². The summed E-state index contributed by atoms with van der Waals surface area (Å²) < 4.78 is 26.0. The molecule has 3 aromatic carbocycles. The van der Waals surface area contributed by atoms with E-state index in [1.165, 1.54) is 44.6 Å². The predicted molar refractivity (Wildman–Crippen MR) is 300 cm³/mol. The zero-order valence-electron chi connectivity index (χ0n) is 46.8. The van der Waals surface area contributed by atoms with Crippen molar-refractivity contribution in [3.8, 4) is 22.6 Å². The number of nitrogens with two attached hydrogens (primary N) is 3. The number of nitrogens with one attached hydrogen (secondary N) is 4. The first-order chi connectivity index (χ1) is 36.9. The standard InChI is InChI=1S/C59H87BN8O9/c1-8-9-10-11-12-13-17-39-19-22-41(23-20-39)54(70)66-46(18-14-27-61)57(73)68(7)52-42-24-26-49(75-31-16-29-63)45(34-42)44-32-40(21-25-48(44)74-30-15-28-62)33-47(67-53(69)37(2)64-56(52)72)55(71)65-38(3)60-76-51-36-43-35-50(58(43,4)5)59(51,6)77-60/h19-26,32,34,37-38,43,46-47,50-52H,8-18,27-31,33,35-36,61-63H2,1-7H3,(H,64,72)(H,65,71)(H,66,70)(H,67,69). The average molecular weight is 1060 g/mol. The molecule has 10 N–H and O–H groups in total. The Bertz CT molecular complexity index is 2510. The van der Waals surface area contributed by atoms with Gasteiger partial charge in [0.2, 0.25) is 23.6 Å². The van der Waals surface area contributed by atoms with Gasteiger partial charge in [-0.25, -0.2) is 0 Å². The molecule has 3 aliphatic carbocycles.